The lowest BCUT2D eigenvalue weighted by Gasteiger charge is -2.42. The van der Waals surface area contributed by atoms with Crippen LogP contribution in [0.15, 0.2) is 0 Å². The number of aliphatic hydroxyl groups is 7. The summed E-state index contributed by atoms with van der Waals surface area (Å²) in [6, 6.07) is 0. The molecule has 72 heavy (non-hydrogen) atoms. The molecule has 0 bridgehead atoms. The number of unbranched alkanes of at least 4 members (excludes halogenated alkanes) is 34. The van der Waals surface area contributed by atoms with Crippen LogP contribution in [0, 0.1) is 0 Å². The van der Waals surface area contributed by atoms with E-state index in [1.807, 2.05) is 0 Å². The molecule has 0 saturated carbocycles. The maximum Gasteiger partial charge on any atom is 0.306 e. The van der Waals surface area contributed by atoms with Gasteiger partial charge < -0.3 is 64.2 Å². The lowest BCUT2D eigenvalue weighted by molar-refractivity contribution is -0.332. The molecule has 0 spiro atoms. The minimum absolute atomic E-state index is 0.174. The molecule has 0 radical (unpaired) electrons. The van der Waals surface area contributed by atoms with Crippen LogP contribution in [-0.4, -0.2) is 142 Å². The van der Waals surface area contributed by atoms with Crippen LogP contribution in [0.25, 0.3) is 0 Å². The van der Waals surface area contributed by atoms with E-state index in [9.17, 15) is 45.3 Å². The van der Waals surface area contributed by atoms with Gasteiger partial charge in [-0.2, -0.15) is 0 Å². The first-order valence-corrected chi connectivity index (χ1v) is 29.6. The van der Waals surface area contributed by atoms with Gasteiger partial charge in [-0.25, -0.2) is 0 Å². The average Bonchev–Trinajstić information content (AvgIpc) is 3.37. The van der Waals surface area contributed by atoms with Gasteiger partial charge in [0.2, 0.25) is 0 Å². The fourth-order valence-corrected chi connectivity index (χ4v) is 9.75. The molecule has 0 aromatic rings. The van der Waals surface area contributed by atoms with Crippen molar-refractivity contribution in [3.8, 4) is 0 Å². The zero-order valence-electron chi connectivity index (χ0n) is 45.4. The van der Waals surface area contributed by atoms with Crippen molar-refractivity contribution in [2.24, 2.45) is 0 Å². The Morgan fingerprint density at radius 3 is 1.08 bits per heavy atom. The average molecular weight is 1030 g/mol. The molecule has 15 nitrogen and oxygen atoms in total. The topological polar surface area (TPSA) is 231 Å². The highest BCUT2D eigenvalue weighted by Crippen LogP contribution is 2.27. The highest BCUT2D eigenvalue weighted by Gasteiger charge is 2.47. The Morgan fingerprint density at radius 2 is 0.708 bits per heavy atom. The number of rotatable bonds is 48. The van der Waals surface area contributed by atoms with E-state index < -0.39 is 92.7 Å². The molecule has 2 aliphatic rings. The molecule has 7 N–H and O–H groups in total. The lowest BCUT2D eigenvalue weighted by Crippen LogP contribution is -2.61. The van der Waals surface area contributed by atoms with Crippen LogP contribution < -0.4 is 0 Å². The van der Waals surface area contributed by atoms with Gasteiger partial charge in [-0.1, -0.05) is 232 Å². The Labute approximate surface area is 436 Å². The minimum Gasteiger partial charge on any atom is -0.462 e. The van der Waals surface area contributed by atoms with Gasteiger partial charge in [-0.05, 0) is 12.8 Å². The summed E-state index contributed by atoms with van der Waals surface area (Å²) in [6.07, 6.45) is 28.4. The lowest BCUT2D eigenvalue weighted by atomic mass is 9.98. The molecule has 15 heteroatoms. The second-order valence-electron chi connectivity index (χ2n) is 21.2. The monoisotopic (exact) mass is 1030 g/mol. The first-order valence-electron chi connectivity index (χ1n) is 29.6. The van der Waals surface area contributed by atoms with Gasteiger partial charge in [0.25, 0.3) is 0 Å². The maximum absolute atomic E-state index is 13.1. The van der Waals surface area contributed by atoms with Crippen molar-refractivity contribution in [1.82, 2.24) is 0 Å². The largest absolute Gasteiger partial charge is 0.462 e. The number of esters is 2. The Bertz CT molecular complexity index is 1260. The van der Waals surface area contributed by atoms with Crippen molar-refractivity contribution in [2.75, 3.05) is 26.4 Å². The smallest absolute Gasteiger partial charge is 0.306 e. The zero-order chi connectivity index (χ0) is 52.4. The molecule has 0 aromatic carbocycles. The van der Waals surface area contributed by atoms with E-state index in [1.165, 1.54) is 180 Å². The number of hydrogen-bond acceptors (Lipinski definition) is 15. The summed E-state index contributed by atoms with van der Waals surface area (Å²) < 4.78 is 33.7. The highest BCUT2D eigenvalue weighted by atomic mass is 16.7. The standard InChI is InChI=1S/C57H108O15/c1-3-5-7-9-11-13-15-17-19-21-22-23-24-26-27-29-31-33-35-37-39-48(59)67-42-45(70-49(60)40-38-36-34-32-30-28-25-20-18-16-14-12-10-8-6-4-2)43-68-56-55(66)53(64)51(62)47(72-56)44-69-57-54(65)52(63)50(61)46(41-58)71-57/h45-47,50-58,61-66H,3-44H2,1-2H3/t45-,46+,47+,50-,51-,52?,53?,54?,55?,56+,57+/m0/s1. The van der Waals surface area contributed by atoms with E-state index in [1.54, 1.807) is 0 Å². The Kier molecular flexibility index (Phi) is 41.3. The normalized spacial score (nSPS) is 24.9. The van der Waals surface area contributed by atoms with Crippen molar-refractivity contribution >= 4 is 11.9 Å². The van der Waals surface area contributed by atoms with Crippen LogP contribution in [0.4, 0.5) is 0 Å². The number of aliphatic hydroxyl groups excluding tert-OH is 7. The molecular weight excluding hydrogens is 925 g/mol. The van der Waals surface area contributed by atoms with Crippen LogP contribution >= 0.6 is 0 Å². The van der Waals surface area contributed by atoms with Gasteiger partial charge in [-0.15, -0.1) is 0 Å². The summed E-state index contributed by atoms with van der Waals surface area (Å²) in [5, 5.41) is 72.3. The first kappa shape index (κ1) is 66.6. The summed E-state index contributed by atoms with van der Waals surface area (Å²) in [4.78, 5) is 25.9. The first-order chi connectivity index (χ1) is 35.0. The van der Waals surface area contributed by atoms with E-state index in [4.69, 9.17) is 28.4 Å². The van der Waals surface area contributed by atoms with E-state index in [0.29, 0.717) is 12.8 Å². The molecule has 2 aliphatic heterocycles. The van der Waals surface area contributed by atoms with E-state index in [0.717, 1.165) is 38.5 Å². The summed E-state index contributed by atoms with van der Waals surface area (Å²) in [5.41, 5.74) is 0. The van der Waals surface area contributed by atoms with Crippen LogP contribution in [0.2, 0.25) is 0 Å². The fourth-order valence-electron chi connectivity index (χ4n) is 9.75. The second kappa shape index (κ2) is 44.6. The Hall–Kier alpha value is -1.50. The zero-order valence-corrected chi connectivity index (χ0v) is 45.4. The van der Waals surface area contributed by atoms with Gasteiger partial charge >= 0.3 is 11.9 Å². The fraction of sp³-hybridized carbons (Fsp3) is 0.965. The molecule has 2 rings (SSSR count). The maximum atomic E-state index is 13.1. The molecule has 0 aromatic heterocycles. The molecule has 2 saturated heterocycles. The van der Waals surface area contributed by atoms with Crippen molar-refractivity contribution in [2.45, 2.75) is 325 Å². The molecule has 2 fully saturated rings. The summed E-state index contributed by atoms with van der Waals surface area (Å²) in [5.74, 6) is -0.903. The SMILES string of the molecule is CCCCCCCCCCCCCCCCCCCCCCC(=O)OC[C@@H](CO[C@@H]1O[C@H](CO[C@@H]2O[C@H](CO)[C@H](O)C(O)C2O)[C@H](O)C(O)C1O)OC(=O)CCCCCCCCCCCCCCCCCC. The molecule has 4 unspecified atom stereocenters. The highest BCUT2D eigenvalue weighted by molar-refractivity contribution is 5.70. The predicted molar refractivity (Wildman–Crippen MR) is 280 cm³/mol. The van der Waals surface area contributed by atoms with Crippen LogP contribution in [0.3, 0.4) is 0 Å². The number of carbonyl (C=O) groups is 2. The van der Waals surface area contributed by atoms with E-state index >= 15 is 0 Å². The van der Waals surface area contributed by atoms with Crippen molar-refractivity contribution in [3.63, 3.8) is 0 Å². The van der Waals surface area contributed by atoms with Gasteiger partial charge in [0.1, 0.15) is 55.4 Å². The van der Waals surface area contributed by atoms with Gasteiger partial charge in [0.05, 0.1) is 19.8 Å². The van der Waals surface area contributed by atoms with Crippen molar-refractivity contribution in [3.05, 3.63) is 0 Å². The number of ether oxygens (including phenoxy) is 6. The Morgan fingerprint density at radius 1 is 0.389 bits per heavy atom. The van der Waals surface area contributed by atoms with Crippen LogP contribution in [-0.2, 0) is 38.0 Å². The minimum atomic E-state index is -1.76. The third-order valence-corrected chi connectivity index (χ3v) is 14.6. The van der Waals surface area contributed by atoms with E-state index in [-0.39, 0.29) is 26.1 Å². The summed E-state index contributed by atoms with van der Waals surface area (Å²) in [6.45, 7) is 2.66. The number of hydrogen-bond donors (Lipinski definition) is 7. The molecule has 2 heterocycles. The molecule has 426 valence electrons. The Balaban J connectivity index is 1.73. The van der Waals surface area contributed by atoms with E-state index in [2.05, 4.69) is 13.8 Å². The molecule has 11 atom stereocenters. The van der Waals surface area contributed by atoms with Crippen LogP contribution in [0.5, 0.6) is 0 Å². The van der Waals surface area contributed by atoms with Gasteiger partial charge in [0.15, 0.2) is 18.7 Å². The predicted octanol–water partition coefficient (Wildman–Crippen LogP) is 9.95. The second-order valence-corrected chi connectivity index (χ2v) is 21.2. The number of carbonyl (C=O) groups excluding carboxylic acids is 2. The summed E-state index contributed by atoms with van der Waals surface area (Å²) >= 11 is 0. The van der Waals surface area contributed by atoms with Crippen molar-refractivity contribution in [1.29, 1.82) is 0 Å². The van der Waals surface area contributed by atoms with Gasteiger partial charge in [0, 0.05) is 12.8 Å². The molecule has 0 aliphatic carbocycles. The van der Waals surface area contributed by atoms with Gasteiger partial charge in [-0.3, -0.25) is 9.59 Å². The molecular formula is C57H108O15. The van der Waals surface area contributed by atoms with Crippen molar-refractivity contribution < 1.29 is 73.8 Å². The quantitative estimate of drug-likeness (QED) is 0.0222. The summed E-state index contributed by atoms with van der Waals surface area (Å²) in [7, 11) is 0. The van der Waals surface area contributed by atoms with Crippen LogP contribution in [0.1, 0.15) is 258 Å². The third kappa shape index (κ3) is 31.5. The molecule has 0 amide bonds. The third-order valence-electron chi connectivity index (χ3n) is 14.6.